The smallest absolute Gasteiger partial charge is 0.0644 e. The van der Waals surface area contributed by atoms with E-state index in [1.54, 1.807) is 11.3 Å². The van der Waals surface area contributed by atoms with Gasteiger partial charge in [-0.2, -0.15) is 11.3 Å². The monoisotopic (exact) mass is 225 g/mol. The van der Waals surface area contributed by atoms with Crippen molar-refractivity contribution in [2.75, 3.05) is 19.6 Å². The maximum atomic E-state index is 9.82. The number of rotatable bonds is 3. The third-order valence-corrected chi connectivity index (χ3v) is 3.96. The summed E-state index contributed by atoms with van der Waals surface area (Å²) in [6.07, 6.45) is 2.97. The number of likely N-dealkylation sites (tertiary alicyclic amines) is 1. The molecule has 0 atom stereocenters. The normalized spacial score (nSPS) is 21.7. The molecule has 1 aromatic heterocycles. The summed E-state index contributed by atoms with van der Waals surface area (Å²) in [6.45, 7) is 5.16. The average Bonchev–Trinajstić information content (AvgIpc) is 2.69. The molecule has 1 aliphatic rings. The number of piperidine rings is 1. The Labute approximate surface area is 95.5 Å². The second kappa shape index (κ2) is 4.64. The van der Waals surface area contributed by atoms with Crippen molar-refractivity contribution >= 4 is 11.3 Å². The lowest BCUT2D eigenvalue weighted by molar-refractivity contribution is -0.00491. The van der Waals surface area contributed by atoms with Gasteiger partial charge in [0.1, 0.15) is 0 Å². The van der Waals surface area contributed by atoms with Crippen LogP contribution < -0.4 is 0 Å². The molecule has 1 aromatic rings. The predicted molar refractivity (Wildman–Crippen MR) is 64.3 cm³/mol. The van der Waals surface area contributed by atoms with Gasteiger partial charge in [0.25, 0.3) is 0 Å². The maximum Gasteiger partial charge on any atom is 0.0644 e. The van der Waals surface area contributed by atoms with E-state index >= 15 is 0 Å². The lowest BCUT2D eigenvalue weighted by Gasteiger charge is -2.35. The molecular formula is C12H19NOS. The van der Waals surface area contributed by atoms with Gasteiger partial charge in [-0.1, -0.05) is 0 Å². The molecule has 2 nitrogen and oxygen atoms in total. The van der Waals surface area contributed by atoms with Gasteiger partial charge in [0.15, 0.2) is 0 Å². The highest BCUT2D eigenvalue weighted by atomic mass is 32.1. The minimum atomic E-state index is -0.418. The fourth-order valence-electron chi connectivity index (χ4n) is 1.98. The standard InChI is InChI=1S/C12H19NOS/c1-12(14)4-7-13(8-5-12)6-2-11-3-9-15-10-11/h3,9-10,14H,2,4-8H2,1H3. The third-order valence-electron chi connectivity index (χ3n) is 3.23. The minimum Gasteiger partial charge on any atom is -0.390 e. The van der Waals surface area contributed by atoms with Crippen LogP contribution >= 0.6 is 11.3 Å². The Morgan fingerprint density at radius 1 is 1.47 bits per heavy atom. The molecule has 2 rings (SSSR count). The summed E-state index contributed by atoms with van der Waals surface area (Å²) in [7, 11) is 0. The Kier molecular flexibility index (Phi) is 3.44. The van der Waals surface area contributed by atoms with E-state index in [1.807, 2.05) is 6.92 Å². The Bertz CT molecular complexity index is 285. The number of hydrogen-bond acceptors (Lipinski definition) is 3. The van der Waals surface area contributed by atoms with Crippen LogP contribution in [0, 0.1) is 0 Å². The van der Waals surface area contributed by atoms with Gasteiger partial charge >= 0.3 is 0 Å². The van der Waals surface area contributed by atoms with E-state index in [-0.39, 0.29) is 0 Å². The zero-order valence-electron chi connectivity index (χ0n) is 9.28. The van der Waals surface area contributed by atoms with Crippen LogP contribution in [0.5, 0.6) is 0 Å². The van der Waals surface area contributed by atoms with Gasteiger partial charge in [-0.3, -0.25) is 0 Å². The van der Waals surface area contributed by atoms with Crippen molar-refractivity contribution in [3.8, 4) is 0 Å². The highest BCUT2D eigenvalue weighted by Gasteiger charge is 2.26. The molecule has 15 heavy (non-hydrogen) atoms. The zero-order valence-corrected chi connectivity index (χ0v) is 10.1. The Morgan fingerprint density at radius 2 is 2.20 bits per heavy atom. The maximum absolute atomic E-state index is 9.82. The van der Waals surface area contributed by atoms with Gasteiger partial charge in [0.2, 0.25) is 0 Å². The molecule has 1 saturated heterocycles. The summed E-state index contributed by atoms with van der Waals surface area (Å²) >= 11 is 1.77. The summed E-state index contributed by atoms with van der Waals surface area (Å²) in [5, 5.41) is 14.2. The first-order valence-electron chi connectivity index (χ1n) is 5.62. The lowest BCUT2D eigenvalue weighted by atomic mass is 9.94. The average molecular weight is 225 g/mol. The van der Waals surface area contributed by atoms with Crippen molar-refractivity contribution in [2.45, 2.75) is 31.8 Å². The van der Waals surface area contributed by atoms with Crippen LogP contribution in [0.4, 0.5) is 0 Å². The van der Waals surface area contributed by atoms with E-state index in [0.29, 0.717) is 0 Å². The predicted octanol–water partition coefficient (Wildman–Crippen LogP) is 2.14. The molecule has 0 aliphatic carbocycles. The zero-order chi connectivity index (χ0) is 10.7. The molecule has 3 heteroatoms. The molecule has 0 aromatic carbocycles. The first-order chi connectivity index (χ1) is 7.16. The van der Waals surface area contributed by atoms with Crippen LogP contribution in [-0.4, -0.2) is 35.2 Å². The summed E-state index contributed by atoms with van der Waals surface area (Å²) < 4.78 is 0. The molecule has 1 fully saturated rings. The van der Waals surface area contributed by atoms with E-state index in [4.69, 9.17) is 0 Å². The summed E-state index contributed by atoms with van der Waals surface area (Å²) in [4.78, 5) is 2.45. The molecular weight excluding hydrogens is 206 g/mol. The summed E-state index contributed by atoms with van der Waals surface area (Å²) in [5.41, 5.74) is 1.02. The van der Waals surface area contributed by atoms with E-state index in [0.717, 1.165) is 38.9 Å². The number of aliphatic hydroxyl groups is 1. The first-order valence-corrected chi connectivity index (χ1v) is 6.56. The minimum absolute atomic E-state index is 0.418. The van der Waals surface area contributed by atoms with Crippen molar-refractivity contribution in [3.63, 3.8) is 0 Å². The van der Waals surface area contributed by atoms with Gasteiger partial charge < -0.3 is 10.0 Å². The molecule has 0 bridgehead atoms. The van der Waals surface area contributed by atoms with Crippen LogP contribution in [0.15, 0.2) is 16.8 Å². The molecule has 0 unspecified atom stereocenters. The highest BCUT2D eigenvalue weighted by molar-refractivity contribution is 7.07. The molecule has 84 valence electrons. The van der Waals surface area contributed by atoms with Gasteiger partial charge in [0, 0.05) is 19.6 Å². The number of hydrogen-bond donors (Lipinski definition) is 1. The summed E-state index contributed by atoms with van der Waals surface area (Å²) in [5.74, 6) is 0. The number of thiophene rings is 1. The van der Waals surface area contributed by atoms with Crippen LogP contribution in [0.2, 0.25) is 0 Å². The Balaban J connectivity index is 1.73. The van der Waals surface area contributed by atoms with E-state index in [1.165, 1.54) is 5.56 Å². The van der Waals surface area contributed by atoms with E-state index in [9.17, 15) is 5.11 Å². The third kappa shape index (κ3) is 3.30. The van der Waals surface area contributed by atoms with Crippen molar-refractivity contribution in [1.29, 1.82) is 0 Å². The van der Waals surface area contributed by atoms with Gasteiger partial charge in [-0.25, -0.2) is 0 Å². The van der Waals surface area contributed by atoms with Crippen LogP contribution in [-0.2, 0) is 6.42 Å². The van der Waals surface area contributed by atoms with Crippen molar-refractivity contribution < 1.29 is 5.11 Å². The molecule has 0 amide bonds. The topological polar surface area (TPSA) is 23.5 Å². The van der Waals surface area contributed by atoms with E-state index < -0.39 is 5.60 Å². The Morgan fingerprint density at radius 3 is 2.80 bits per heavy atom. The number of nitrogens with zero attached hydrogens (tertiary/aromatic N) is 1. The lowest BCUT2D eigenvalue weighted by Crippen LogP contribution is -2.43. The fourth-order valence-corrected chi connectivity index (χ4v) is 2.68. The molecule has 0 spiro atoms. The largest absolute Gasteiger partial charge is 0.390 e. The fraction of sp³-hybridized carbons (Fsp3) is 0.667. The van der Waals surface area contributed by atoms with Crippen molar-refractivity contribution in [1.82, 2.24) is 4.90 Å². The molecule has 2 heterocycles. The van der Waals surface area contributed by atoms with Crippen molar-refractivity contribution in [3.05, 3.63) is 22.4 Å². The van der Waals surface area contributed by atoms with Crippen LogP contribution in [0.3, 0.4) is 0 Å². The van der Waals surface area contributed by atoms with E-state index in [2.05, 4.69) is 21.7 Å². The second-order valence-electron chi connectivity index (χ2n) is 4.72. The molecule has 0 radical (unpaired) electrons. The van der Waals surface area contributed by atoms with Crippen LogP contribution in [0.25, 0.3) is 0 Å². The van der Waals surface area contributed by atoms with Crippen molar-refractivity contribution in [2.24, 2.45) is 0 Å². The second-order valence-corrected chi connectivity index (χ2v) is 5.50. The summed E-state index contributed by atoms with van der Waals surface area (Å²) in [6, 6.07) is 2.20. The van der Waals surface area contributed by atoms with Gasteiger partial charge in [0.05, 0.1) is 5.60 Å². The highest BCUT2D eigenvalue weighted by Crippen LogP contribution is 2.21. The molecule has 1 aliphatic heterocycles. The quantitative estimate of drug-likeness (QED) is 0.852. The van der Waals surface area contributed by atoms with Crippen LogP contribution in [0.1, 0.15) is 25.3 Å². The molecule has 0 saturated carbocycles. The van der Waals surface area contributed by atoms with Gasteiger partial charge in [-0.15, -0.1) is 0 Å². The first kappa shape index (κ1) is 11.1. The van der Waals surface area contributed by atoms with Gasteiger partial charge in [-0.05, 0) is 48.6 Å². The SMILES string of the molecule is CC1(O)CCN(CCc2ccsc2)CC1. The Hall–Kier alpha value is -0.380. The molecule has 1 N–H and O–H groups in total.